The Morgan fingerprint density at radius 1 is 1.34 bits per heavy atom. The molecule has 0 bridgehead atoms. The van der Waals surface area contributed by atoms with Gasteiger partial charge in [0.05, 0.1) is 6.61 Å². The maximum atomic E-state index is 12.7. The van der Waals surface area contributed by atoms with Gasteiger partial charge in [-0.25, -0.2) is 0 Å². The lowest BCUT2D eigenvalue weighted by Gasteiger charge is -2.41. The number of hydrogen-bond acceptors (Lipinski definition) is 6. The summed E-state index contributed by atoms with van der Waals surface area (Å²) in [5.41, 5.74) is 1.26. The number of piperidine rings is 1. The van der Waals surface area contributed by atoms with Crippen molar-refractivity contribution in [3.05, 3.63) is 41.7 Å². The highest BCUT2D eigenvalue weighted by Crippen LogP contribution is 2.36. The quantitative estimate of drug-likeness (QED) is 0.829. The van der Waals surface area contributed by atoms with Crippen LogP contribution in [-0.4, -0.2) is 56.3 Å². The largest absolute Gasteiger partial charge is 0.373 e. The SMILES string of the molecule is CC[C@H](C)NC(=O)c1nnc2n1CC1(CCN(Cc3cccnc3)CC1)COC2. The summed E-state index contributed by atoms with van der Waals surface area (Å²) in [5, 5.41) is 11.4. The number of likely N-dealkylation sites (tertiary alicyclic amines) is 1. The molecule has 1 atom stereocenters. The molecule has 2 aliphatic rings. The summed E-state index contributed by atoms with van der Waals surface area (Å²) >= 11 is 0. The predicted octanol–water partition coefficient (Wildman–Crippen LogP) is 2.01. The Morgan fingerprint density at radius 3 is 2.90 bits per heavy atom. The number of fused-ring (bicyclic) bond motifs is 1. The highest BCUT2D eigenvalue weighted by atomic mass is 16.5. The van der Waals surface area contributed by atoms with Gasteiger partial charge in [0.1, 0.15) is 6.61 Å². The highest BCUT2D eigenvalue weighted by Gasteiger charge is 2.39. The maximum Gasteiger partial charge on any atom is 0.289 e. The van der Waals surface area contributed by atoms with Gasteiger partial charge in [-0.05, 0) is 50.9 Å². The zero-order valence-corrected chi connectivity index (χ0v) is 17.3. The first-order valence-corrected chi connectivity index (χ1v) is 10.5. The molecule has 0 aromatic carbocycles. The van der Waals surface area contributed by atoms with Crippen LogP contribution >= 0.6 is 0 Å². The van der Waals surface area contributed by atoms with Crippen molar-refractivity contribution >= 4 is 5.91 Å². The van der Waals surface area contributed by atoms with Crippen molar-refractivity contribution in [2.24, 2.45) is 5.41 Å². The number of carbonyl (C=O) groups is 1. The smallest absolute Gasteiger partial charge is 0.289 e. The lowest BCUT2D eigenvalue weighted by molar-refractivity contribution is -0.00571. The fourth-order valence-electron chi connectivity index (χ4n) is 4.14. The van der Waals surface area contributed by atoms with E-state index in [1.165, 1.54) is 5.56 Å². The van der Waals surface area contributed by atoms with Crippen molar-refractivity contribution in [1.29, 1.82) is 0 Å². The highest BCUT2D eigenvalue weighted by molar-refractivity contribution is 5.90. The normalized spacial score (nSPS) is 20.1. The summed E-state index contributed by atoms with van der Waals surface area (Å²) < 4.78 is 7.97. The molecule has 2 aliphatic heterocycles. The second kappa shape index (κ2) is 8.59. The van der Waals surface area contributed by atoms with Crippen LogP contribution in [0.15, 0.2) is 24.5 Å². The first-order valence-electron chi connectivity index (χ1n) is 10.5. The van der Waals surface area contributed by atoms with Gasteiger partial charge in [0, 0.05) is 36.9 Å². The molecular formula is C21H30N6O2. The van der Waals surface area contributed by atoms with Gasteiger partial charge in [-0.3, -0.25) is 14.7 Å². The van der Waals surface area contributed by atoms with Gasteiger partial charge in [-0.15, -0.1) is 10.2 Å². The van der Waals surface area contributed by atoms with Crippen molar-refractivity contribution in [2.75, 3.05) is 19.7 Å². The molecule has 2 aromatic rings. The molecule has 1 fully saturated rings. The minimum absolute atomic E-state index is 0.0183. The number of amides is 1. The van der Waals surface area contributed by atoms with Crippen LogP contribution in [0.25, 0.3) is 0 Å². The molecule has 2 aromatic heterocycles. The van der Waals surface area contributed by atoms with Crippen LogP contribution in [0.5, 0.6) is 0 Å². The fourth-order valence-corrected chi connectivity index (χ4v) is 4.14. The van der Waals surface area contributed by atoms with Crippen LogP contribution in [0.2, 0.25) is 0 Å². The van der Waals surface area contributed by atoms with Crippen LogP contribution in [0, 0.1) is 5.41 Å². The Hall–Kier alpha value is -2.32. The third kappa shape index (κ3) is 4.48. The van der Waals surface area contributed by atoms with E-state index in [1.807, 2.05) is 30.0 Å². The molecule has 4 rings (SSSR count). The average Bonchev–Trinajstić information content (AvgIpc) is 3.04. The number of nitrogens with zero attached hydrogens (tertiary/aromatic N) is 5. The molecule has 0 unspecified atom stereocenters. The molecular weight excluding hydrogens is 368 g/mol. The van der Waals surface area contributed by atoms with Gasteiger partial charge in [0.25, 0.3) is 5.91 Å². The molecule has 0 aliphatic carbocycles. The zero-order valence-electron chi connectivity index (χ0n) is 17.3. The van der Waals surface area contributed by atoms with E-state index in [4.69, 9.17) is 4.74 Å². The Kier molecular flexibility index (Phi) is 5.91. The molecule has 0 radical (unpaired) electrons. The fraction of sp³-hybridized carbons (Fsp3) is 0.619. The number of hydrogen-bond donors (Lipinski definition) is 1. The van der Waals surface area contributed by atoms with Gasteiger partial charge >= 0.3 is 0 Å². The van der Waals surface area contributed by atoms with E-state index in [2.05, 4.69) is 38.4 Å². The van der Waals surface area contributed by atoms with E-state index >= 15 is 0 Å². The molecule has 156 valence electrons. The Labute approximate surface area is 171 Å². The minimum Gasteiger partial charge on any atom is -0.373 e. The first kappa shape index (κ1) is 20.0. The van der Waals surface area contributed by atoms with E-state index in [0.717, 1.165) is 51.3 Å². The molecule has 4 heterocycles. The van der Waals surface area contributed by atoms with Crippen LogP contribution in [-0.2, 0) is 24.4 Å². The molecule has 1 spiro atoms. The maximum absolute atomic E-state index is 12.7. The third-order valence-electron chi connectivity index (χ3n) is 6.20. The topological polar surface area (TPSA) is 85.2 Å². The van der Waals surface area contributed by atoms with Crippen LogP contribution in [0.1, 0.15) is 55.1 Å². The summed E-state index contributed by atoms with van der Waals surface area (Å²) in [6, 6.07) is 4.22. The van der Waals surface area contributed by atoms with E-state index in [1.54, 1.807) is 0 Å². The van der Waals surface area contributed by atoms with Gasteiger partial charge in [0.2, 0.25) is 5.82 Å². The van der Waals surface area contributed by atoms with E-state index in [0.29, 0.717) is 19.0 Å². The second-order valence-corrected chi connectivity index (χ2v) is 8.44. The van der Waals surface area contributed by atoms with Gasteiger partial charge in [0.15, 0.2) is 5.82 Å². The molecule has 29 heavy (non-hydrogen) atoms. The minimum atomic E-state index is -0.149. The Balaban J connectivity index is 1.45. The van der Waals surface area contributed by atoms with Crippen molar-refractivity contribution in [3.8, 4) is 0 Å². The molecule has 8 heteroatoms. The molecule has 1 saturated heterocycles. The monoisotopic (exact) mass is 398 g/mol. The average molecular weight is 399 g/mol. The molecule has 8 nitrogen and oxygen atoms in total. The number of rotatable bonds is 5. The molecule has 0 saturated carbocycles. The van der Waals surface area contributed by atoms with Crippen molar-refractivity contribution in [1.82, 2.24) is 30.0 Å². The van der Waals surface area contributed by atoms with Crippen molar-refractivity contribution in [3.63, 3.8) is 0 Å². The van der Waals surface area contributed by atoms with E-state index in [-0.39, 0.29) is 17.4 Å². The molecule has 1 N–H and O–H groups in total. The van der Waals surface area contributed by atoms with Crippen LogP contribution in [0.3, 0.4) is 0 Å². The summed E-state index contributed by atoms with van der Waals surface area (Å²) in [5.74, 6) is 1.00. The predicted molar refractivity (Wildman–Crippen MR) is 108 cm³/mol. The summed E-state index contributed by atoms with van der Waals surface area (Å²) in [6.45, 7) is 8.82. The van der Waals surface area contributed by atoms with Crippen LogP contribution in [0.4, 0.5) is 0 Å². The van der Waals surface area contributed by atoms with Crippen molar-refractivity contribution in [2.45, 2.75) is 58.8 Å². The number of nitrogens with one attached hydrogen (secondary N) is 1. The third-order valence-corrected chi connectivity index (χ3v) is 6.20. The summed E-state index contributed by atoms with van der Waals surface area (Å²) in [6.07, 6.45) is 6.68. The van der Waals surface area contributed by atoms with Crippen molar-refractivity contribution < 1.29 is 9.53 Å². The lowest BCUT2D eigenvalue weighted by Crippen LogP contribution is -2.44. The van der Waals surface area contributed by atoms with E-state index < -0.39 is 0 Å². The number of ether oxygens (including phenoxy) is 1. The number of carbonyl (C=O) groups excluding carboxylic acids is 1. The molecule has 1 amide bonds. The number of aromatic nitrogens is 4. The van der Waals surface area contributed by atoms with Crippen LogP contribution < -0.4 is 5.32 Å². The Morgan fingerprint density at radius 2 is 2.17 bits per heavy atom. The van der Waals surface area contributed by atoms with Gasteiger partial charge < -0.3 is 14.6 Å². The number of pyridine rings is 1. The standard InChI is InChI=1S/C21H30N6O2/c1-3-16(2)23-20(28)19-25-24-18-13-29-15-21(14-27(18)19)6-9-26(10-7-21)12-17-5-4-8-22-11-17/h4-5,8,11,16H,3,6-7,9-10,12-15H2,1-2H3,(H,23,28)/t16-/m0/s1. The zero-order chi connectivity index (χ0) is 20.3. The lowest BCUT2D eigenvalue weighted by atomic mass is 9.78. The second-order valence-electron chi connectivity index (χ2n) is 8.44. The van der Waals surface area contributed by atoms with Gasteiger partial charge in [-0.1, -0.05) is 13.0 Å². The summed E-state index contributed by atoms with van der Waals surface area (Å²) in [4.78, 5) is 19.4. The van der Waals surface area contributed by atoms with E-state index in [9.17, 15) is 4.79 Å². The Bertz CT molecular complexity index is 829. The first-order chi connectivity index (χ1) is 14.1. The summed E-state index contributed by atoms with van der Waals surface area (Å²) in [7, 11) is 0. The van der Waals surface area contributed by atoms with Gasteiger partial charge in [-0.2, -0.15) is 0 Å².